The van der Waals surface area contributed by atoms with Crippen LogP contribution >= 0.6 is 0 Å². The van der Waals surface area contributed by atoms with Gasteiger partial charge in [0.15, 0.2) is 0 Å². The Bertz CT molecular complexity index is 1500. The van der Waals surface area contributed by atoms with Gasteiger partial charge in [-0.1, -0.05) is 12.6 Å². The molecule has 0 N–H and O–H groups in total. The number of hydrogen-bond donors (Lipinski definition) is 0. The van der Waals surface area contributed by atoms with E-state index in [-0.39, 0.29) is 22.5 Å². The average molecular weight is 604 g/mol. The molecule has 0 bridgehead atoms. The van der Waals surface area contributed by atoms with Crippen molar-refractivity contribution < 1.29 is 59.2 Å². The van der Waals surface area contributed by atoms with E-state index in [2.05, 4.69) is 20.8 Å². The number of carbonyl (C=O) groups is 1. The zero-order valence-electron chi connectivity index (χ0n) is 22.6. The molecule has 3 rings (SSSR count). The van der Waals surface area contributed by atoms with Crippen molar-refractivity contribution in [1.82, 2.24) is 0 Å². The lowest BCUT2D eigenvalue weighted by Crippen LogP contribution is -2.41. The number of ether oxygens (including phenoxy) is 5. The van der Waals surface area contributed by atoms with E-state index in [4.69, 9.17) is 13.9 Å². The van der Waals surface area contributed by atoms with Crippen molar-refractivity contribution in [2.45, 2.75) is 45.2 Å². The lowest BCUT2D eigenvalue weighted by molar-refractivity contribution is -0.514. The van der Waals surface area contributed by atoms with Gasteiger partial charge < -0.3 is 18.6 Å². The van der Waals surface area contributed by atoms with Crippen molar-refractivity contribution in [1.29, 1.82) is 0 Å². The molecule has 0 spiro atoms. The van der Waals surface area contributed by atoms with Gasteiger partial charge in [-0.3, -0.25) is 0 Å². The molecule has 0 radical (unpaired) electrons. The van der Waals surface area contributed by atoms with E-state index in [0.29, 0.717) is 16.7 Å². The molecule has 0 saturated heterocycles. The fraction of sp³-hybridized carbons (Fsp3) is 0.357. The predicted octanol–water partition coefficient (Wildman–Crippen LogP) is 6.82. The van der Waals surface area contributed by atoms with E-state index in [1.54, 1.807) is 31.2 Å². The quantitative estimate of drug-likeness (QED) is 0.0651. The number of hydrogen-bond acceptors (Lipinski definition) is 8. The summed E-state index contributed by atoms with van der Waals surface area (Å²) in [5.41, 5.74) is 0.894. The lowest BCUT2D eigenvalue weighted by atomic mass is 10.0. The zero-order chi connectivity index (χ0) is 31.3. The first-order chi connectivity index (χ1) is 19.5. The summed E-state index contributed by atoms with van der Waals surface area (Å²) in [4.78, 5) is 23.8. The number of methoxy groups -OCH3 is 1. The molecule has 0 unspecified atom stereocenters. The van der Waals surface area contributed by atoms with Crippen molar-refractivity contribution in [3.8, 4) is 22.6 Å². The van der Waals surface area contributed by atoms with Gasteiger partial charge in [0.1, 0.15) is 17.1 Å². The predicted molar refractivity (Wildman–Crippen MR) is 137 cm³/mol. The SMILES string of the molecule is C=C(C)C(=O)OCCC(F)(F)OC(F)(F)OC(F)(F)CCOc1ccc2cc(-c3ccc(OC)cc3C)c(=O)oc2c1. The van der Waals surface area contributed by atoms with Crippen LogP contribution in [0.2, 0.25) is 0 Å². The largest absolute Gasteiger partial charge is 0.497 e. The van der Waals surface area contributed by atoms with Crippen LogP contribution in [-0.4, -0.2) is 44.8 Å². The fourth-order valence-corrected chi connectivity index (χ4v) is 3.58. The monoisotopic (exact) mass is 604 g/mol. The minimum atomic E-state index is -5.41. The van der Waals surface area contributed by atoms with Gasteiger partial charge in [-0.05, 0) is 55.3 Å². The van der Waals surface area contributed by atoms with Gasteiger partial charge in [-0.2, -0.15) is 17.6 Å². The van der Waals surface area contributed by atoms with E-state index in [9.17, 15) is 35.9 Å². The summed E-state index contributed by atoms with van der Waals surface area (Å²) in [5.74, 6) is -0.497. The average Bonchev–Trinajstić information content (AvgIpc) is 2.86. The number of benzene rings is 2. The molecular formula is C28H26F6O8. The Balaban J connectivity index is 1.59. The highest BCUT2D eigenvalue weighted by Gasteiger charge is 2.52. The van der Waals surface area contributed by atoms with Crippen LogP contribution in [0, 0.1) is 6.92 Å². The van der Waals surface area contributed by atoms with Crippen LogP contribution in [0.25, 0.3) is 22.1 Å². The summed E-state index contributed by atoms with van der Waals surface area (Å²) in [7, 11) is 1.51. The third-order valence-corrected chi connectivity index (χ3v) is 5.60. The van der Waals surface area contributed by atoms with Crippen molar-refractivity contribution >= 4 is 16.9 Å². The van der Waals surface area contributed by atoms with Gasteiger partial charge in [0, 0.05) is 17.0 Å². The van der Waals surface area contributed by atoms with Crippen LogP contribution < -0.4 is 15.1 Å². The maximum Gasteiger partial charge on any atom is 0.494 e. The van der Waals surface area contributed by atoms with Crippen LogP contribution in [-0.2, 0) is 19.0 Å². The second-order valence-electron chi connectivity index (χ2n) is 9.03. The van der Waals surface area contributed by atoms with Crippen LogP contribution in [0.4, 0.5) is 26.3 Å². The molecule has 228 valence electrons. The highest BCUT2D eigenvalue weighted by Crippen LogP contribution is 2.36. The highest BCUT2D eigenvalue weighted by atomic mass is 19.3. The molecule has 14 heteroatoms. The molecule has 2 aromatic carbocycles. The van der Waals surface area contributed by atoms with Gasteiger partial charge in [-0.25, -0.2) is 19.1 Å². The Morgan fingerprint density at radius 2 is 1.50 bits per heavy atom. The summed E-state index contributed by atoms with van der Waals surface area (Å²) < 4.78 is 109. The number of aryl methyl sites for hydroxylation is 1. The Morgan fingerprint density at radius 3 is 2.10 bits per heavy atom. The molecule has 0 aliphatic rings. The van der Waals surface area contributed by atoms with Crippen LogP contribution in [0.5, 0.6) is 11.5 Å². The smallest absolute Gasteiger partial charge is 0.494 e. The van der Waals surface area contributed by atoms with Crippen molar-refractivity contribution in [3.05, 3.63) is 70.6 Å². The zero-order valence-corrected chi connectivity index (χ0v) is 22.6. The molecule has 0 aliphatic heterocycles. The molecular weight excluding hydrogens is 578 g/mol. The normalized spacial score (nSPS) is 12.3. The Hall–Kier alpha value is -4.04. The third-order valence-electron chi connectivity index (χ3n) is 5.60. The standard InChI is InChI=1S/C28H26F6O8/c1-16(2)24(35)39-12-10-27(31,32)42-28(33,34)41-26(29,30)9-11-38-20-6-5-18-14-22(25(36)40-23(18)15-20)21-8-7-19(37-4)13-17(21)3/h5-8,13-15H,1,9-12H2,2-4H3. The second kappa shape index (κ2) is 12.9. The summed E-state index contributed by atoms with van der Waals surface area (Å²) in [6.45, 7) is 4.27. The molecule has 1 heterocycles. The van der Waals surface area contributed by atoms with E-state index in [1.165, 1.54) is 32.2 Å². The van der Waals surface area contributed by atoms with Gasteiger partial charge in [0.25, 0.3) is 0 Å². The van der Waals surface area contributed by atoms with E-state index >= 15 is 0 Å². The topological polar surface area (TPSA) is 93.4 Å². The molecule has 42 heavy (non-hydrogen) atoms. The van der Waals surface area contributed by atoms with Crippen LogP contribution in [0.15, 0.2) is 63.8 Å². The Kier molecular flexibility index (Phi) is 9.94. The maximum absolute atomic E-state index is 14.0. The van der Waals surface area contributed by atoms with Gasteiger partial charge in [0.05, 0.1) is 38.7 Å². The highest BCUT2D eigenvalue weighted by molar-refractivity contribution is 5.87. The molecule has 0 aliphatic carbocycles. The number of esters is 1. The first kappa shape index (κ1) is 32.5. The van der Waals surface area contributed by atoms with E-state index < -0.39 is 56.2 Å². The molecule has 0 atom stereocenters. The maximum atomic E-state index is 14.0. The van der Waals surface area contributed by atoms with E-state index in [1.807, 2.05) is 0 Å². The number of carbonyl (C=O) groups excluding carboxylic acids is 1. The minimum absolute atomic E-state index is 0.0475. The van der Waals surface area contributed by atoms with Gasteiger partial charge >= 0.3 is 30.1 Å². The number of rotatable bonds is 14. The minimum Gasteiger partial charge on any atom is -0.497 e. The first-order valence-corrected chi connectivity index (χ1v) is 12.2. The number of halogens is 6. The second-order valence-corrected chi connectivity index (χ2v) is 9.03. The van der Waals surface area contributed by atoms with Crippen LogP contribution in [0.3, 0.4) is 0 Å². The molecule has 8 nitrogen and oxygen atoms in total. The van der Waals surface area contributed by atoms with Crippen molar-refractivity contribution in [3.63, 3.8) is 0 Å². The van der Waals surface area contributed by atoms with Gasteiger partial charge in [-0.15, -0.1) is 8.78 Å². The van der Waals surface area contributed by atoms with Crippen LogP contribution in [0.1, 0.15) is 25.3 Å². The number of alkyl halides is 6. The Labute approximate surface area is 235 Å². The molecule has 0 saturated carbocycles. The molecule has 0 fully saturated rings. The molecule has 0 amide bonds. The van der Waals surface area contributed by atoms with Gasteiger partial charge in [0.2, 0.25) is 0 Å². The van der Waals surface area contributed by atoms with E-state index in [0.717, 1.165) is 5.56 Å². The third kappa shape index (κ3) is 8.98. The fourth-order valence-electron chi connectivity index (χ4n) is 3.58. The first-order valence-electron chi connectivity index (χ1n) is 12.2. The summed E-state index contributed by atoms with van der Waals surface area (Å²) in [6.07, 6.45) is -17.8. The van der Waals surface area contributed by atoms with Crippen molar-refractivity contribution in [2.75, 3.05) is 20.3 Å². The molecule has 1 aromatic heterocycles. The summed E-state index contributed by atoms with van der Waals surface area (Å²) in [6, 6.07) is 10.8. The number of fused-ring (bicyclic) bond motifs is 1. The summed E-state index contributed by atoms with van der Waals surface area (Å²) >= 11 is 0. The van der Waals surface area contributed by atoms with Crippen molar-refractivity contribution in [2.24, 2.45) is 0 Å². The summed E-state index contributed by atoms with van der Waals surface area (Å²) in [5, 5.41) is 0.480. The lowest BCUT2D eigenvalue weighted by Gasteiger charge is -2.26. The Morgan fingerprint density at radius 1 is 0.881 bits per heavy atom. The molecule has 3 aromatic rings.